The lowest BCUT2D eigenvalue weighted by molar-refractivity contribution is -0.199. The van der Waals surface area contributed by atoms with E-state index in [1.54, 1.807) is 0 Å². The number of Topliss-reactive ketones (excluding diaryl/α,β-unsaturated/α-hetero) is 1. The number of ketones is 1. The standard InChI is InChI=1S/C14H22O2/c1-12(2)8-14-9(12)6-7-13(14,3)10(15)4-5-11(14)16/h9-10,15H,4-8H2,1-3H3. The summed E-state index contributed by atoms with van der Waals surface area (Å²) >= 11 is 0. The van der Waals surface area contributed by atoms with Crippen LogP contribution in [0.2, 0.25) is 0 Å². The average Bonchev–Trinajstić information content (AvgIpc) is 2.45. The summed E-state index contributed by atoms with van der Waals surface area (Å²) in [7, 11) is 0. The zero-order valence-corrected chi connectivity index (χ0v) is 10.5. The molecule has 0 aromatic rings. The van der Waals surface area contributed by atoms with Gasteiger partial charge in [-0.1, -0.05) is 20.8 Å². The molecular formula is C14H22O2. The third-order valence-electron chi connectivity index (χ3n) is 6.12. The van der Waals surface area contributed by atoms with Gasteiger partial charge in [0.2, 0.25) is 0 Å². The first-order valence-corrected chi connectivity index (χ1v) is 6.56. The Kier molecular flexibility index (Phi) is 1.83. The normalized spacial score (nSPS) is 54.1. The van der Waals surface area contributed by atoms with Crippen LogP contribution < -0.4 is 0 Å². The van der Waals surface area contributed by atoms with Gasteiger partial charge in [0.25, 0.3) is 0 Å². The minimum atomic E-state index is -0.258. The van der Waals surface area contributed by atoms with Crippen molar-refractivity contribution < 1.29 is 9.90 Å². The zero-order valence-electron chi connectivity index (χ0n) is 10.5. The van der Waals surface area contributed by atoms with Crippen LogP contribution in [0.4, 0.5) is 0 Å². The minimum absolute atomic E-state index is 0.122. The van der Waals surface area contributed by atoms with E-state index >= 15 is 0 Å². The van der Waals surface area contributed by atoms with Gasteiger partial charge in [0.05, 0.1) is 6.10 Å². The van der Waals surface area contributed by atoms with Crippen LogP contribution in [0.5, 0.6) is 0 Å². The highest BCUT2D eigenvalue weighted by atomic mass is 16.3. The molecule has 2 heteroatoms. The van der Waals surface area contributed by atoms with Crippen molar-refractivity contribution >= 4 is 5.78 Å². The number of hydrogen-bond donors (Lipinski definition) is 1. The van der Waals surface area contributed by atoms with Crippen LogP contribution in [0.15, 0.2) is 0 Å². The fourth-order valence-corrected chi connectivity index (χ4v) is 5.29. The smallest absolute Gasteiger partial charge is 0.140 e. The van der Waals surface area contributed by atoms with E-state index in [1.165, 1.54) is 0 Å². The number of carbonyl (C=O) groups is 1. The van der Waals surface area contributed by atoms with E-state index in [0.29, 0.717) is 30.0 Å². The molecule has 0 radical (unpaired) electrons. The summed E-state index contributed by atoms with van der Waals surface area (Å²) < 4.78 is 0. The van der Waals surface area contributed by atoms with Gasteiger partial charge >= 0.3 is 0 Å². The van der Waals surface area contributed by atoms with Gasteiger partial charge in [0.15, 0.2) is 0 Å². The van der Waals surface area contributed by atoms with Crippen molar-refractivity contribution in [3.8, 4) is 0 Å². The highest BCUT2D eigenvalue weighted by Gasteiger charge is 2.74. The molecule has 4 atom stereocenters. The summed E-state index contributed by atoms with van der Waals surface area (Å²) in [5.41, 5.74) is 0.0289. The molecule has 3 aliphatic rings. The number of carbonyl (C=O) groups excluding carboxylic acids is 1. The Morgan fingerprint density at radius 2 is 1.94 bits per heavy atom. The van der Waals surface area contributed by atoms with Crippen LogP contribution in [-0.2, 0) is 4.79 Å². The molecule has 0 aromatic carbocycles. The molecule has 1 spiro atoms. The molecule has 0 aromatic heterocycles. The van der Waals surface area contributed by atoms with Gasteiger partial charge in [-0.15, -0.1) is 0 Å². The fraction of sp³-hybridized carbons (Fsp3) is 0.929. The lowest BCUT2D eigenvalue weighted by Gasteiger charge is -2.64. The van der Waals surface area contributed by atoms with Crippen LogP contribution in [0, 0.1) is 22.2 Å². The molecule has 2 nitrogen and oxygen atoms in total. The third-order valence-corrected chi connectivity index (χ3v) is 6.12. The summed E-state index contributed by atoms with van der Waals surface area (Å²) in [4.78, 5) is 12.4. The zero-order chi connectivity index (χ0) is 11.8. The van der Waals surface area contributed by atoms with Gasteiger partial charge in [-0.3, -0.25) is 4.79 Å². The number of hydrogen-bond acceptors (Lipinski definition) is 2. The van der Waals surface area contributed by atoms with Crippen molar-refractivity contribution in [2.45, 2.75) is 59.0 Å². The highest BCUT2D eigenvalue weighted by Crippen LogP contribution is 2.76. The van der Waals surface area contributed by atoms with Gasteiger partial charge in [-0.2, -0.15) is 0 Å². The summed E-state index contributed by atoms with van der Waals surface area (Å²) in [6, 6.07) is 0. The number of rotatable bonds is 0. The molecule has 0 heterocycles. The largest absolute Gasteiger partial charge is 0.393 e. The van der Waals surface area contributed by atoms with Gasteiger partial charge < -0.3 is 5.11 Å². The van der Waals surface area contributed by atoms with Gasteiger partial charge in [0, 0.05) is 17.3 Å². The summed E-state index contributed by atoms with van der Waals surface area (Å²) in [5, 5.41) is 10.3. The van der Waals surface area contributed by atoms with Crippen molar-refractivity contribution in [2.75, 3.05) is 0 Å². The van der Waals surface area contributed by atoms with E-state index in [0.717, 1.165) is 19.3 Å². The Labute approximate surface area is 97.4 Å². The van der Waals surface area contributed by atoms with E-state index in [2.05, 4.69) is 20.8 Å². The number of aliphatic hydroxyl groups excluding tert-OH is 1. The van der Waals surface area contributed by atoms with E-state index in [-0.39, 0.29) is 16.9 Å². The average molecular weight is 222 g/mol. The monoisotopic (exact) mass is 222 g/mol. The Bertz CT molecular complexity index is 360. The fourth-order valence-electron chi connectivity index (χ4n) is 5.29. The van der Waals surface area contributed by atoms with Crippen molar-refractivity contribution in [3.63, 3.8) is 0 Å². The first-order valence-electron chi connectivity index (χ1n) is 6.56. The van der Waals surface area contributed by atoms with Crippen LogP contribution in [0.1, 0.15) is 52.9 Å². The van der Waals surface area contributed by atoms with Gasteiger partial charge in [0.1, 0.15) is 5.78 Å². The molecule has 3 rings (SSSR count). The van der Waals surface area contributed by atoms with Crippen molar-refractivity contribution in [1.82, 2.24) is 0 Å². The van der Waals surface area contributed by atoms with Crippen molar-refractivity contribution in [2.24, 2.45) is 22.2 Å². The summed E-state index contributed by atoms with van der Waals surface area (Å²) in [6.45, 7) is 6.72. The first kappa shape index (κ1) is 10.8. The molecule has 3 saturated carbocycles. The van der Waals surface area contributed by atoms with E-state index in [9.17, 15) is 9.90 Å². The van der Waals surface area contributed by atoms with Gasteiger partial charge in [-0.05, 0) is 37.0 Å². The molecule has 0 saturated heterocycles. The Morgan fingerprint density at radius 1 is 1.25 bits per heavy atom. The second-order valence-electron chi connectivity index (χ2n) is 7.12. The molecule has 3 fully saturated rings. The molecular weight excluding hydrogens is 200 g/mol. The molecule has 0 bridgehead atoms. The quantitative estimate of drug-likeness (QED) is 0.684. The molecule has 0 aliphatic heterocycles. The Morgan fingerprint density at radius 3 is 2.56 bits per heavy atom. The molecule has 4 unspecified atom stereocenters. The van der Waals surface area contributed by atoms with E-state index in [1.807, 2.05) is 0 Å². The van der Waals surface area contributed by atoms with E-state index < -0.39 is 0 Å². The summed E-state index contributed by atoms with van der Waals surface area (Å²) in [5.74, 6) is 0.967. The molecule has 90 valence electrons. The third kappa shape index (κ3) is 0.883. The predicted octanol–water partition coefficient (Wildman–Crippen LogP) is 2.54. The lowest BCUT2D eigenvalue weighted by Crippen LogP contribution is -2.65. The van der Waals surface area contributed by atoms with Crippen LogP contribution in [-0.4, -0.2) is 17.0 Å². The molecule has 3 aliphatic carbocycles. The maximum absolute atomic E-state index is 12.4. The van der Waals surface area contributed by atoms with E-state index in [4.69, 9.17) is 0 Å². The Hall–Kier alpha value is -0.370. The first-order chi connectivity index (χ1) is 7.34. The minimum Gasteiger partial charge on any atom is -0.393 e. The van der Waals surface area contributed by atoms with Crippen LogP contribution >= 0.6 is 0 Å². The second-order valence-corrected chi connectivity index (χ2v) is 7.12. The molecule has 1 N–H and O–H groups in total. The lowest BCUT2D eigenvalue weighted by atomic mass is 9.38. The van der Waals surface area contributed by atoms with Crippen LogP contribution in [0.25, 0.3) is 0 Å². The maximum atomic E-state index is 12.4. The van der Waals surface area contributed by atoms with Crippen molar-refractivity contribution in [1.29, 1.82) is 0 Å². The number of aliphatic hydroxyl groups is 1. The maximum Gasteiger partial charge on any atom is 0.140 e. The second kappa shape index (κ2) is 2.72. The molecule has 0 amide bonds. The highest BCUT2D eigenvalue weighted by molar-refractivity contribution is 5.89. The topological polar surface area (TPSA) is 37.3 Å². The molecule has 16 heavy (non-hydrogen) atoms. The van der Waals surface area contributed by atoms with Gasteiger partial charge in [-0.25, -0.2) is 0 Å². The van der Waals surface area contributed by atoms with Crippen LogP contribution in [0.3, 0.4) is 0 Å². The van der Waals surface area contributed by atoms with Crippen molar-refractivity contribution in [3.05, 3.63) is 0 Å². The SMILES string of the molecule is CC1(C)CC23C(=O)CCC(O)C2(C)CCC13. The Balaban J connectivity index is 2.08. The predicted molar refractivity (Wildman–Crippen MR) is 61.9 cm³/mol. The summed E-state index contributed by atoms with van der Waals surface area (Å²) in [6.07, 6.45) is 4.19.